The summed E-state index contributed by atoms with van der Waals surface area (Å²) in [6.07, 6.45) is 0.914. The zero-order chi connectivity index (χ0) is 20.1. The average Bonchev–Trinajstić information content (AvgIpc) is 3.12. The number of carbonyl (C=O) groups is 1. The summed E-state index contributed by atoms with van der Waals surface area (Å²) in [5.74, 6) is -0.0589. The molecular formula is C20H19Cl2N3O3. The lowest BCUT2D eigenvalue weighted by molar-refractivity contribution is 0.0943. The van der Waals surface area contributed by atoms with E-state index in [0.29, 0.717) is 17.5 Å². The summed E-state index contributed by atoms with van der Waals surface area (Å²) in [7, 11) is 1.57. The molecule has 6 nitrogen and oxygen atoms in total. The smallest absolute Gasteiger partial charge is 0.336 e. The van der Waals surface area contributed by atoms with E-state index in [1.165, 1.54) is 16.3 Å². The molecule has 2 aromatic carbocycles. The Morgan fingerprint density at radius 2 is 1.86 bits per heavy atom. The van der Waals surface area contributed by atoms with E-state index in [1.54, 1.807) is 19.2 Å². The third-order valence-electron chi connectivity index (χ3n) is 4.08. The van der Waals surface area contributed by atoms with Gasteiger partial charge in [-0.25, -0.2) is 0 Å². The third kappa shape index (κ3) is 4.52. The topological polar surface area (TPSA) is 66.2 Å². The highest BCUT2D eigenvalue weighted by molar-refractivity contribution is 6.36. The fraction of sp³-hybridized carbons (Fsp3) is 0.250. The minimum Gasteiger partial charge on any atom is -0.460 e. The second-order valence-electron chi connectivity index (χ2n) is 5.95. The number of halogens is 2. The lowest BCUT2D eigenvalue weighted by Gasteiger charge is -2.07. The minimum absolute atomic E-state index is 0.0880. The predicted octanol–water partition coefficient (Wildman–Crippen LogP) is 4.53. The summed E-state index contributed by atoms with van der Waals surface area (Å²) in [6, 6.07) is 12.5. The Bertz CT molecular complexity index is 971. The van der Waals surface area contributed by atoms with E-state index in [0.717, 1.165) is 12.0 Å². The number of hydrogen-bond acceptors (Lipinski definition) is 5. The maximum absolute atomic E-state index is 13.1. The number of rotatable bonds is 7. The van der Waals surface area contributed by atoms with Crippen LogP contribution in [0.2, 0.25) is 10.0 Å². The van der Waals surface area contributed by atoms with E-state index >= 15 is 0 Å². The second kappa shape index (κ2) is 9.19. The Kier molecular flexibility index (Phi) is 6.67. The van der Waals surface area contributed by atoms with Crippen LogP contribution in [0.4, 0.5) is 0 Å². The van der Waals surface area contributed by atoms with Crippen LogP contribution in [-0.4, -0.2) is 41.0 Å². The fourth-order valence-corrected chi connectivity index (χ4v) is 3.05. The zero-order valence-corrected chi connectivity index (χ0v) is 17.0. The van der Waals surface area contributed by atoms with Gasteiger partial charge in [-0.3, -0.25) is 4.79 Å². The van der Waals surface area contributed by atoms with E-state index in [2.05, 4.69) is 17.0 Å². The van der Waals surface area contributed by atoms with Gasteiger partial charge < -0.3 is 9.47 Å². The molecule has 0 fully saturated rings. The van der Waals surface area contributed by atoms with Crippen LogP contribution in [0.25, 0.3) is 11.4 Å². The van der Waals surface area contributed by atoms with Gasteiger partial charge in [-0.2, -0.15) is 9.67 Å². The van der Waals surface area contributed by atoms with Gasteiger partial charge in [0, 0.05) is 17.7 Å². The lowest BCUT2D eigenvalue weighted by atomic mass is 10.1. The normalized spacial score (nSPS) is 10.9. The first-order valence-corrected chi connectivity index (χ1v) is 9.47. The molecule has 3 aromatic rings. The molecular weight excluding hydrogens is 401 g/mol. The zero-order valence-electron chi connectivity index (χ0n) is 15.5. The van der Waals surface area contributed by atoms with Crippen molar-refractivity contribution in [2.45, 2.75) is 13.3 Å². The molecule has 28 heavy (non-hydrogen) atoms. The number of methoxy groups -OCH3 is 1. The minimum atomic E-state index is -0.426. The van der Waals surface area contributed by atoms with Crippen LogP contribution in [-0.2, 0) is 11.2 Å². The average molecular weight is 420 g/mol. The molecule has 0 amide bonds. The predicted molar refractivity (Wildman–Crippen MR) is 108 cm³/mol. The van der Waals surface area contributed by atoms with Gasteiger partial charge in [-0.1, -0.05) is 54.4 Å². The molecule has 0 saturated carbocycles. The highest BCUT2D eigenvalue weighted by atomic mass is 35.5. The van der Waals surface area contributed by atoms with Crippen molar-refractivity contribution < 1.29 is 14.3 Å². The molecule has 0 N–H and O–H groups in total. The molecule has 1 heterocycles. The van der Waals surface area contributed by atoms with E-state index < -0.39 is 5.91 Å². The molecule has 0 aliphatic rings. The van der Waals surface area contributed by atoms with Crippen LogP contribution >= 0.6 is 23.2 Å². The van der Waals surface area contributed by atoms with Crippen molar-refractivity contribution in [2.75, 3.05) is 20.3 Å². The summed E-state index contributed by atoms with van der Waals surface area (Å²) in [6.45, 7) is 2.72. The molecule has 0 bridgehead atoms. The van der Waals surface area contributed by atoms with Crippen LogP contribution in [0, 0.1) is 0 Å². The van der Waals surface area contributed by atoms with Crippen LogP contribution in [0.1, 0.15) is 22.8 Å². The van der Waals surface area contributed by atoms with Crippen molar-refractivity contribution in [2.24, 2.45) is 0 Å². The number of aryl methyl sites for hydroxylation is 1. The highest BCUT2D eigenvalue weighted by Crippen LogP contribution is 2.26. The van der Waals surface area contributed by atoms with E-state index in [1.807, 2.05) is 24.3 Å². The van der Waals surface area contributed by atoms with E-state index in [4.69, 9.17) is 32.7 Å². The maximum atomic E-state index is 13.1. The van der Waals surface area contributed by atoms with Gasteiger partial charge in [0.25, 0.3) is 5.91 Å². The van der Waals surface area contributed by atoms with Crippen molar-refractivity contribution in [1.82, 2.24) is 14.8 Å². The van der Waals surface area contributed by atoms with Crippen LogP contribution in [0.5, 0.6) is 6.01 Å². The van der Waals surface area contributed by atoms with Gasteiger partial charge in [-0.05, 0) is 30.2 Å². The van der Waals surface area contributed by atoms with Gasteiger partial charge in [0.15, 0.2) is 5.82 Å². The lowest BCUT2D eigenvalue weighted by Crippen LogP contribution is -2.16. The summed E-state index contributed by atoms with van der Waals surface area (Å²) < 4.78 is 11.7. The standard InChI is InChI=1S/C20H19Cl2N3O3/c1-3-13-4-6-14(7-5-13)18-23-20(28-11-10-27-2)24-25(18)19(26)16-9-8-15(21)12-17(16)22/h4-9,12H,3,10-11H2,1-2H3. The molecule has 8 heteroatoms. The molecule has 1 aromatic heterocycles. The first-order valence-electron chi connectivity index (χ1n) is 8.71. The number of nitrogens with zero attached hydrogens (tertiary/aromatic N) is 3. The van der Waals surface area contributed by atoms with Crippen LogP contribution in [0.3, 0.4) is 0 Å². The Labute approximate surface area is 173 Å². The summed E-state index contributed by atoms with van der Waals surface area (Å²) in [4.78, 5) is 17.5. The van der Waals surface area contributed by atoms with Gasteiger partial charge >= 0.3 is 6.01 Å². The monoisotopic (exact) mass is 419 g/mol. The first-order chi connectivity index (χ1) is 13.5. The van der Waals surface area contributed by atoms with E-state index in [9.17, 15) is 4.79 Å². The quantitative estimate of drug-likeness (QED) is 0.526. The van der Waals surface area contributed by atoms with Crippen molar-refractivity contribution in [1.29, 1.82) is 0 Å². The fourth-order valence-electron chi connectivity index (χ4n) is 2.57. The molecule has 0 unspecified atom stereocenters. The largest absolute Gasteiger partial charge is 0.460 e. The Morgan fingerprint density at radius 1 is 1.11 bits per heavy atom. The Hall–Kier alpha value is -2.41. The number of hydrogen-bond donors (Lipinski definition) is 0. The molecule has 0 aliphatic carbocycles. The molecule has 146 valence electrons. The first kappa shape index (κ1) is 20.3. The molecule has 0 radical (unpaired) electrons. The van der Waals surface area contributed by atoms with Crippen molar-refractivity contribution >= 4 is 29.1 Å². The number of aromatic nitrogens is 3. The Morgan fingerprint density at radius 3 is 2.50 bits per heavy atom. The van der Waals surface area contributed by atoms with Gasteiger partial charge in [0.2, 0.25) is 0 Å². The summed E-state index contributed by atoms with van der Waals surface area (Å²) in [5, 5.41) is 4.91. The number of carbonyl (C=O) groups excluding carboxylic acids is 1. The Balaban J connectivity index is 2.02. The van der Waals surface area contributed by atoms with E-state index in [-0.39, 0.29) is 23.2 Å². The molecule has 0 spiro atoms. The molecule has 0 atom stereocenters. The second-order valence-corrected chi connectivity index (χ2v) is 6.79. The van der Waals surface area contributed by atoms with Crippen molar-refractivity contribution in [3.05, 3.63) is 63.6 Å². The molecule has 0 saturated heterocycles. The van der Waals surface area contributed by atoms with Crippen molar-refractivity contribution in [3.63, 3.8) is 0 Å². The summed E-state index contributed by atoms with van der Waals surface area (Å²) in [5.41, 5.74) is 2.19. The summed E-state index contributed by atoms with van der Waals surface area (Å²) >= 11 is 12.1. The maximum Gasteiger partial charge on any atom is 0.336 e. The SMILES string of the molecule is CCc1ccc(-c2nc(OCCOC)nn2C(=O)c2ccc(Cl)cc2Cl)cc1. The van der Waals surface area contributed by atoms with Gasteiger partial charge in [-0.15, -0.1) is 5.10 Å². The third-order valence-corrected chi connectivity index (χ3v) is 4.63. The molecule has 0 aliphatic heterocycles. The highest BCUT2D eigenvalue weighted by Gasteiger charge is 2.22. The van der Waals surface area contributed by atoms with Crippen molar-refractivity contribution in [3.8, 4) is 17.4 Å². The van der Waals surface area contributed by atoms with Crippen LogP contribution < -0.4 is 4.74 Å². The molecule has 3 rings (SSSR count). The number of benzene rings is 2. The van der Waals surface area contributed by atoms with Crippen LogP contribution in [0.15, 0.2) is 42.5 Å². The van der Waals surface area contributed by atoms with Gasteiger partial charge in [0.1, 0.15) is 6.61 Å². The van der Waals surface area contributed by atoms with Gasteiger partial charge in [0.05, 0.1) is 17.2 Å². The number of ether oxygens (including phenoxy) is 2.